The number of benzene rings is 1. The van der Waals surface area contributed by atoms with Gasteiger partial charge in [0.15, 0.2) is 0 Å². The molecule has 148 valence electrons. The van der Waals surface area contributed by atoms with Crippen LogP contribution < -0.4 is 9.80 Å². The number of urea groups is 1. The molecule has 0 bridgehead atoms. The number of rotatable bonds is 2. The third kappa shape index (κ3) is 5.01. The van der Waals surface area contributed by atoms with E-state index in [-0.39, 0.29) is 30.8 Å². The molecule has 2 saturated heterocycles. The highest BCUT2D eigenvalue weighted by molar-refractivity contribution is 5.85. The molecule has 0 saturated carbocycles. The highest BCUT2D eigenvalue weighted by atomic mass is 35.5. The summed E-state index contributed by atoms with van der Waals surface area (Å²) < 4.78 is 0. The van der Waals surface area contributed by atoms with Gasteiger partial charge in [0, 0.05) is 59.1 Å². The number of phenols is 1. The van der Waals surface area contributed by atoms with Gasteiger partial charge in [0.25, 0.3) is 0 Å². The third-order valence-corrected chi connectivity index (χ3v) is 4.95. The fourth-order valence-corrected chi connectivity index (χ4v) is 3.54. The summed E-state index contributed by atoms with van der Waals surface area (Å²) in [4.78, 5) is 20.1. The summed E-state index contributed by atoms with van der Waals surface area (Å²) in [6, 6.07) is 5.97. The Balaban J connectivity index is 0.00000169. The van der Waals surface area contributed by atoms with Crippen LogP contribution >= 0.6 is 24.8 Å². The number of carbonyl (C=O) groups excluding carboxylic acids is 1. The molecule has 6 nitrogen and oxygen atoms in total. The van der Waals surface area contributed by atoms with Crippen LogP contribution in [0.3, 0.4) is 0 Å². The molecule has 2 amide bonds. The first-order valence-corrected chi connectivity index (χ1v) is 8.85. The van der Waals surface area contributed by atoms with Crippen molar-refractivity contribution in [3.8, 4) is 5.75 Å². The number of halogens is 2. The molecule has 0 spiro atoms. The molecule has 3 rings (SSSR count). The molecule has 2 fully saturated rings. The number of hydrogen-bond donors (Lipinski definition) is 1. The molecule has 2 aliphatic heterocycles. The summed E-state index contributed by atoms with van der Waals surface area (Å²) in [5, 5.41) is 10.3. The van der Waals surface area contributed by atoms with Crippen LogP contribution in [-0.4, -0.2) is 74.3 Å². The first kappa shape index (κ1) is 22.5. The maximum absolute atomic E-state index is 12.0. The van der Waals surface area contributed by atoms with E-state index in [0.29, 0.717) is 18.8 Å². The summed E-state index contributed by atoms with van der Waals surface area (Å²) >= 11 is 0. The standard InChI is InChI=1S/C18H28N4O2.2ClH/c1-19(2)18(24)22-12-10-21(11-13-22)16-14-15(6-7-17(16)23)20-8-4-3-5-9-20;;/h6-7,14,23H,3-5,8-13H2,1-2H3;2*1H. The number of nitrogens with zero attached hydrogens (tertiary/aromatic N) is 4. The van der Waals surface area contributed by atoms with Crippen molar-refractivity contribution < 1.29 is 9.90 Å². The van der Waals surface area contributed by atoms with Crippen LogP contribution in [0, 0.1) is 0 Å². The highest BCUT2D eigenvalue weighted by Crippen LogP contribution is 2.33. The molecule has 2 heterocycles. The van der Waals surface area contributed by atoms with Crippen molar-refractivity contribution in [1.82, 2.24) is 9.80 Å². The monoisotopic (exact) mass is 404 g/mol. The molecule has 0 aliphatic carbocycles. The summed E-state index contributed by atoms with van der Waals surface area (Å²) in [7, 11) is 3.56. The normalized spacial score (nSPS) is 17.2. The van der Waals surface area contributed by atoms with Gasteiger partial charge in [0.1, 0.15) is 5.75 Å². The van der Waals surface area contributed by atoms with Crippen molar-refractivity contribution in [1.29, 1.82) is 0 Å². The Kier molecular flexibility index (Phi) is 8.63. The van der Waals surface area contributed by atoms with E-state index in [0.717, 1.165) is 31.9 Å². The van der Waals surface area contributed by atoms with Gasteiger partial charge < -0.3 is 24.7 Å². The molecule has 26 heavy (non-hydrogen) atoms. The molecule has 1 aromatic carbocycles. The number of piperazine rings is 1. The Bertz CT molecular complexity index is 587. The van der Waals surface area contributed by atoms with Crippen LogP contribution in [0.1, 0.15) is 19.3 Å². The Hall–Kier alpha value is -1.53. The molecule has 0 aromatic heterocycles. The minimum atomic E-state index is 0. The van der Waals surface area contributed by atoms with E-state index in [2.05, 4.69) is 15.9 Å². The van der Waals surface area contributed by atoms with Crippen molar-refractivity contribution in [2.75, 3.05) is 63.2 Å². The van der Waals surface area contributed by atoms with Gasteiger partial charge in [0.2, 0.25) is 0 Å². The number of hydrogen-bond acceptors (Lipinski definition) is 4. The maximum atomic E-state index is 12.0. The van der Waals surface area contributed by atoms with Gasteiger partial charge >= 0.3 is 6.03 Å². The number of aromatic hydroxyl groups is 1. The second kappa shape index (κ2) is 9.97. The van der Waals surface area contributed by atoms with Crippen LogP contribution in [0.25, 0.3) is 0 Å². The molecule has 2 aliphatic rings. The average molecular weight is 405 g/mol. The largest absolute Gasteiger partial charge is 0.506 e. The van der Waals surface area contributed by atoms with E-state index in [9.17, 15) is 9.90 Å². The summed E-state index contributed by atoms with van der Waals surface area (Å²) in [5.74, 6) is 0.322. The molecular weight excluding hydrogens is 375 g/mol. The highest BCUT2D eigenvalue weighted by Gasteiger charge is 2.24. The lowest BCUT2D eigenvalue weighted by molar-refractivity contribution is 0.168. The topological polar surface area (TPSA) is 50.3 Å². The minimum Gasteiger partial charge on any atom is -0.506 e. The number of amides is 2. The first-order valence-electron chi connectivity index (χ1n) is 8.85. The van der Waals surface area contributed by atoms with Gasteiger partial charge in [-0.2, -0.15) is 0 Å². The van der Waals surface area contributed by atoms with Crippen LogP contribution in [0.2, 0.25) is 0 Å². The Morgan fingerprint density at radius 1 is 0.923 bits per heavy atom. The van der Waals surface area contributed by atoms with Crippen molar-refractivity contribution in [3.63, 3.8) is 0 Å². The zero-order chi connectivity index (χ0) is 17.1. The van der Waals surface area contributed by atoms with Crippen LogP contribution in [0.4, 0.5) is 16.2 Å². The van der Waals surface area contributed by atoms with Crippen LogP contribution in [-0.2, 0) is 0 Å². The predicted octanol–water partition coefficient (Wildman–Crippen LogP) is 3.03. The fraction of sp³-hybridized carbons (Fsp3) is 0.611. The second-order valence-corrected chi connectivity index (χ2v) is 6.87. The van der Waals surface area contributed by atoms with Crippen molar-refractivity contribution in [2.45, 2.75) is 19.3 Å². The van der Waals surface area contributed by atoms with Crippen molar-refractivity contribution in [3.05, 3.63) is 18.2 Å². The van der Waals surface area contributed by atoms with E-state index in [1.807, 2.05) is 11.0 Å². The maximum Gasteiger partial charge on any atom is 0.319 e. The van der Waals surface area contributed by atoms with Gasteiger partial charge in [-0.15, -0.1) is 24.8 Å². The SMILES string of the molecule is CN(C)C(=O)N1CCN(c2cc(N3CCCCC3)ccc2O)CC1.Cl.Cl. The summed E-state index contributed by atoms with van der Waals surface area (Å²) in [6.07, 6.45) is 3.78. The number of phenolic OH excluding ortho intramolecular Hbond substituents is 1. The average Bonchev–Trinajstić information content (AvgIpc) is 2.62. The smallest absolute Gasteiger partial charge is 0.319 e. The van der Waals surface area contributed by atoms with Crippen LogP contribution in [0.15, 0.2) is 18.2 Å². The van der Waals surface area contributed by atoms with Crippen LogP contribution in [0.5, 0.6) is 5.75 Å². The predicted molar refractivity (Wildman–Crippen MR) is 112 cm³/mol. The zero-order valence-electron chi connectivity index (χ0n) is 15.6. The molecule has 0 unspecified atom stereocenters. The number of carbonyl (C=O) groups is 1. The first-order chi connectivity index (χ1) is 11.6. The van der Waals surface area contributed by atoms with Gasteiger partial charge in [0.05, 0.1) is 5.69 Å². The number of anilines is 2. The van der Waals surface area contributed by atoms with E-state index in [1.165, 1.54) is 24.9 Å². The van der Waals surface area contributed by atoms with Crippen molar-refractivity contribution >= 4 is 42.2 Å². The molecule has 1 aromatic rings. The van der Waals surface area contributed by atoms with Gasteiger partial charge in [-0.1, -0.05) is 0 Å². The van der Waals surface area contributed by atoms with E-state index >= 15 is 0 Å². The second-order valence-electron chi connectivity index (χ2n) is 6.87. The molecule has 1 N–H and O–H groups in total. The lowest BCUT2D eigenvalue weighted by Crippen LogP contribution is -2.51. The Morgan fingerprint density at radius 3 is 2.12 bits per heavy atom. The molecule has 0 radical (unpaired) electrons. The van der Waals surface area contributed by atoms with E-state index < -0.39 is 0 Å². The quantitative estimate of drug-likeness (QED) is 0.822. The van der Waals surface area contributed by atoms with Crippen molar-refractivity contribution in [2.24, 2.45) is 0 Å². The van der Waals surface area contributed by atoms with E-state index in [4.69, 9.17) is 0 Å². The van der Waals surface area contributed by atoms with Gasteiger partial charge in [-0.25, -0.2) is 4.79 Å². The summed E-state index contributed by atoms with van der Waals surface area (Å²) in [6.45, 7) is 5.05. The lowest BCUT2D eigenvalue weighted by Gasteiger charge is -2.38. The summed E-state index contributed by atoms with van der Waals surface area (Å²) in [5.41, 5.74) is 2.07. The number of piperidine rings is 1. The minimum absolute atomic E-state index is 0. The molecule has 8 heteroatoms. The molecule has 0 atom stereocenters. The Morgan fingerprint density at radius 2 is 1.54 bits per heavy atom. The van der Waals surface area contributed by atoms with Gasteiger partial charge in [-0.05, 0) is 37.5 Å². The lowest BCUT2D eigenvalue weighted by atomic mass is 10.1. The molecular formula is C18H30Cl2N4O2. The third-order valence-electron chi connectivity index (χ3n) is 4.95. The van der Waals surface area contributed by atoms with E-state index in [1.54, 1.807) is 25.1 Å². The van der Waals surface area contributed by atoms with Gasteiger partial charge in [-0.3, -0.25) is 0 Å². The zero-order valence-corrected chi connectivity index (χ0v) is 17.2. The fourth-order valence-electron chi connectivity index (χ4n) is 3.54. The Labute approximate surface area is 168 Å².